The maximum atomic E-state index is 12.1. The molecule has 2 aromatic rings. The predicted octanol–water partition coefficient (Wildman–Crippen LogP) is 4.16. The average molecular weight is 334 g/mol. The molecule has 1 atom stereocenters. The van der Waals surface area contributed by atoms with E-state index in [1.807, 2.05) is 55.5 Å². The molecule has 0 aliphatic heterocycles. The Morgan fingerprint density at radius 2 is 1.90 bits per heavy atom. The van der Waals surface area contributed by atoms with Gasteiger partial charge in [-0.3, -0.25) is 4.79 Å². The average Bonchev–Trinajstić information content (AvgIpc) is 2.43. The number of hydrogen-bond donors (Lipinski definition) is 1. The fourth-order valence-electron chi connectivity index (χ4n) is 1.71. The highest BCUT2D eigenvalue weighted by molar-refractivity contribution is 9.10. The second-order valence-electron chi connectivity index (χ2n) is 4.55. The van der Waals surface area contributed by atoms with Gasteiger partial charge in [-0.25, -0.2) is 0 Å². The molecular formula is C16H16BrNO2. The molecule has 1 N–H and O–H groups in total. The highest BCUT2D eigenvalue weighted by Crippen LogP contribution is 2.23. The normalized spacial score (nSPS) is 11.8. The number of anilines is 1. The highest BCUT2D eigenvalue weighted by Gasteiger charge is 2.15. The van der Waals surface area contributed by atoms with Gasteiger partial charge in [-0.1, -0.05) is 24.3 Å². The van der Waals surface area contributed by atoms with Gasteiger partial charge in [0.2, 0.25) is 0 Å². The van der Waals surface area contributed by atoms with Gasteiger partial charge in [0.05, 0.1) is 5.69 Å². The Bertz CT molecular complexity index is 599. The first-order valence-electron chi connectivity index (χ1n) is 6.35. The number of hydrogen-bond acceptors (Lipinski definition) is 2. The van der Waals surface area contributed by atoms with Crippen LogP contribution in [0.4, 0.5) is 5.69 Å². The summed E-state index contributed by atoms with van der Waals surface area (Å²) in [6.07, 6.45) is -0.564. The van der Waals surface area contributed by atoms with Crippen molar-refractivity contribution in [3.05, 3.63) is 58.6 Å². The van der Waals surface area contributed by atoms with E-state index in [0.29, 0.717) is 5.75 Å². The zero-order valence-corrected chi connectivity index (χ0v) is 13.0. The molecule has 4 heteroatoms. The van der Waals surface area contributed by atoms with Crippen molar-refractivity contribution in [3.63, 3.8) is 0 Å². The number of aryl methyl sites for hydroxylation is 1. The molecule has 1 amide bonds. The highest BCUT2D eigenvalue weighted by atomic mass is 79.9. The molecule has 104 valence electrons. The quantitative estimate of drug-likeness (QED) is 0.912. The largest absolute Gasteiger partial charge is 0.481 e. The third kappa shape index (κ3) is 3.84. The van der Waals surface area contributed by atoms with Crippen molar-refractivity contribution in [2.75, 3.05) is 5.32 Å². The Morgan fingerprint density at radius 3 is 2.55 bits per heavy atom. The summed E-state index contributed by atoms with van der Waals surface area (Å²) in [4.78, 5) is 12.1. The second kappa shape index (κ2) is 6.57. The molecule has 0 spiro atoms. The summed E-state index contributed by atoms with van der Waals surface area (Å²) in [5.74, 6) is 0.497. The first-order chi connectivity index (χ1) is 9.56. The van der Waals surface area contributed by atoms with Crippen molar-refractivity contribution in [1.82, 2.24) is 0 Å². The van der Waals surface area contributed by atoms with Crippen molar-refractivity contribution in [2.24, 2.45) is 0 Å². The van der Waals surface area contributed by atoms with E-state index in [1.54, 1.807) is 6.92 Å². The summed E-state index contributed by atoms with van der Waals surface area (Å²) in [6, 6.07) is 15.1. The van der Waals surface area contributed by atoms with Gasteiger partial charge in [0, 0.05) is 4.47 Å². The standard InChI is InChI=1S/C16H16BrNO2/c1-11-8-9-15(14(17)10-11)18-16(19)12(2)20-13-6-4-3-5-7-13/h3-10,12H,1-2H3,(H,18,19)/t12-/m1/s1. The van der Waals surface area contributed by atoms with Gasteiger partial charge < -0.3 is 10.1 Å². The number of para-hydroxylation sites is 1. The van der Waals surface area contributed by atoms with Crippen LogP contribution in [0.2, 0.25) is 0 Å². The second-order valence-corrected chi connectivity index (χ2v) is 5.40. The van der Waals surface area contributed by atoms with Crippen LogP contribution in [0.25, 0.3) is 0 Å². The molecular weight excluding hydrogens is 318 g/mol. The van der Waals surface area contributed by atoms with Gasteiger partial charge in [0.25, 0.3) is 5.91 Å². The number of carbonyl (C=O) groups excluding carboxylic acids is 1. The van der Waals surface area contributed by atoms with E-state index >= 15 is 0 Å². The van der Waals surface area contributed by atoms with Gasteiger partial charge >= 0.3 is 0 Å². The summed E-state index contributed by atoms with van der Waals surface area (Å²) >= 11 is 3.44. The number of halogens is 1. The monoisotopic (exact) mass is 333 g/mol. The summed E-state index contributed by atoms with van der Waals surface area (Å²) in [5.41, 5.74) is 1.87. The summed E-state index contributed by atoms with van der Waals surface area (Å²) in [7, 11) is 0. The third-order valence-electron chi connectivity index (χ3n) is 2.81. The zero-order valence-electron chi connectivity index (χ0n) is 11.4. The van der Waals surface area contributed by atoms with E-state index in [9.17, 15) is 4.79 Å². The minimum Gasteiger partial charge on any atom is -0.481 e. The van der Waals surface area contributed by atoms with E-state index in [4.69, 9.17) is 4.74 Å². The van der Waals surface area contributed by atoms with Crippen LogP contribution in [-0.4, -0.2) is 12.0 Å². The topological polar surface area (TPSA) is 38.3 Å². The van der Waals surface area contributed by atoms with Crippen molar-refractivity contribution in [1.29, 1.82) is 0 Å². The van der Waals surface area contributed by atoms with Crippen molar-refractivity contribution in [3.8, 4) is 5.75 Å². The number of rotatable bonds is 4. The number of carbonyl (C=O) groups is 1. The molecule has 0 heterocycles. The smallest absolute Gasteiger partial charge is 0.265 e. The van der Waals surface area contributed by atoms with Crippen LogP contribution in [0.5, 0.6) is 5.75 Å². The SMILES string of the molecule is Cc1ccc(NC(=O)[C@@H](C)Oc2ccccc2)c(Br)c1. The van der Waals surface area contributed by atoms with Gasteiger partial charge in [-0.05, 0) is 59.6 Å². The number of amides is 1. The van der Waals surface area contributed by atoms with Gasteiger partial charge in [-0.15, -0.1) is 0 Å². The molecule has 2 rings (SSSR count). The Hall–Kier alpha value is -1.81. The summed E-state index contributed by atoms with van der Waals surface area (Å²) in [6.45, 7) is 3.72. The van der Waals surface area contributed by atoms with E-state index in [0.717, 1.165) is 15.7 Å². The molecule has 20 heavy (non-hydrogen) atoms. The molecule has 3 nitrogen and oxygen atoms in total. The van der Waals surface area contributed by atoms with Crippen molar-refractivity contribution < 1.29 is 9.53 Å². The Labute approximate surface area is 127 Å². The minimum absolute atomic E-state index is 0.182. The molecule has 2 aromatic carbocycles. The zero-order chi connectivity index (χ0) is 14.5. The Kier molecular flexibility index (Phi) is 4.79. The van der Waals surface area contributed by atoms with E-state index in [2.05, 4.69) is 21.2 Å². The molecule has 0 unspecified atom stereocenters. The molecule has 0 aliphatic rings. The molecule has 0 bridgehead atoms. The molecule has 0 fully saturated rings. The fourth-order valence-corrected chi connectivity index (χ4v) is 2.30. The molecule has 0 radical (unpaired) electrons. The first-order valence-corrected chi connectivity index (χ1v) is 7.14. The van der Waals surface area contributed by atoms with Crippen LogP contribution < -0.4 is 10.1 Å². The lowest BCUT2D eigenvalue weighted by Crippen LogP contribution is -2.30. The molecule has 0 saturated heterocycles. The molecule has 0 aromatic heterocycles. The van der Waals surface area contributed by atoms with Gasteiger partial charge in [0.15, 0.2) is 6.10 Å². The lowest BCUT2D eigenvalue weighted by atomic mass is 10.2. The van der Waals surface area contributed by atoms with Crippen LogP contribution >= 0.6 is 15.9 Å². The molecule has 0 saturated carbocycles. The summed E-state index contributed by atoms with van der Waals surface area (Å²) < 4.78 is 6.44. The Morgan fingerprint density at radius 1 is 1.20 bits per heavy atom. The van der Waals surface area contributed by atoms with Crippen LogP contribution in [-0.2, 0) is 4.79 Å². The van der Waals surface area contributed by atoms with Crippen LogP contribution in [0.1, 0.15) is 12.5 Å². The van der Waals surface area contributed by atoms with Crippen molar-refractivity contribution in [2.45, 2.75) is 20.0 Å². The third-order valence-corrected chi connectivity index (χ3v) is 3.46. The minimum atomic E-state index is -0.564. The van der Waals surface area contributed by atoms with Crippen LogP contribution in [0.15, 0.2) is 53.0 Å². The lowest BCUT2D eigenvalue weighted by Gasteiger charge is -2.15. The van der Waals surface area contributed by atoms with E-state index < -0.39 is 6.10 Å². The lowest BCUT2D eigenvalue weighted by molar-refractivity contribution is -0.122. The number of ether oxygens (including phenoxy) is 1. The predicted molar refractivity (Wildman–Crippen MR) is 84.0 cm³/mol. The maximum Gasteiger partial charge on any atom is 0.265 e. The maximum absolute atomic E-state index is 12.1. The number of benzene rings is 2. The Balaban J connectivity index is 2.01. The van der Waals surface area contributed by atoms with Gasteiger partial charge in [0.1, 0.15) is 5.75 Å². The van der Waals surface area contributed by atoms with Crippen molar-refractivity contribution >= 4 is 27.5 Å². The van der Waals surface area contributed by atoms with Crippen LogP contribution in [0, 0.1) is 6.92 Å². The first kappa shape index (κ1) is 14.6. The van der Waals surface area contributed by atoms with Gasteiger partial charge in [-0.2, -0.15) is 0 Å². The van der Waals surface area contributed by atoms with E-state index in [-0.39, 0.29) is 5.91 Å². The van der Waals surface area contributed by atoms with E-state index in [1.165, 1.54) is 0 Å². The van der Waals surface area contributed by atoms with Crippen LogP contribution in [0.3, 0.4) is 0 Å². The molecule has 0 aliphatic carbocycles. The fraction of sp³-hybridized carbons (Fsp3) is 0.188. The number of nitrogens with one attached hydrogen (secondary N) is 1. The summed E-state index contributed by atoms with van der Waals surface area (Å²) in [5, 5.41) is 2.85.